The normalized spacial score (nSPS) is 11.2. The van der Waals surface area contributed by atoms with Gasteiger partial charge in [-0.05, 0) is 30.3 Å². The first-order valence-corrected chi connectivity index (χ1v) is 8.32. The van der Waals surface area contributed by atoms with E-state index >= 15 is 0 Å². The second-order valence-electron chi connectivity index (χ2n) is 4.97. The van der Waals surface area contributed by atoms with Crippen molar-refractivity contribution in [3.8, 4) is 0 Å². The quantitative estimate of drug-likeness (QED) is 0.506. The van der Waals surface area contributed by atoms with Crippen LogP contribution < -0.4 is 5.32 Å². The topological polar surface area (TPSA) is 57.8 Å². The van der Waals surface area contributed by atoms with Crippen molar-refractivity contribution >= 4 is 66.7 Å². The average Bonchev–Trinajstić information content (AvgIpc) is 3.11. The Morgan fingerprint density at radius 3 is 2.87 bits per heavy atom. The Bertz CT molecular complexity index is 1050. The Morgan fingerprint density at radius 1 is 1.17 bits per heavy atom. The van der Waals surface area contributed by atoms with Gasteiger partial charge in [-0.15, -0.1) is 0 Å². The molecule has 1 amide bonds. The van der Waals surface area contributed by atoms with Crippen LogP contribution in [0, 0.1) is 0 Å². The summed E-state index contributed by atoms with van der Waals surface area (Å²) in [6.45, 7) is 0. The van der Waals surface area contributed by atoms with Crippen LogP contribution in [-0.4, -0.2) is 15.9 Å². The van der Waals surface area contributed by atoms with E-state index in [1.807, 2.05) is 24.3 Å². The summed E-state index contributed by atoms with van der Waals surface area (Å²) in [6.07, 6.45) is 0. The Balaban J connectivity index is 1.66. The maximum atomic E-state index is 12.4. The number of fused-ring (bicyclic) bond motifs is 2. The third-order valence-corrected chi connectivity index (χ3v) is 4.90. The molecule has 2 N–H and O–H groups in total. The number of nitrogens with zero attached hydrogens (tertiary/aromatic N) is 1. The van der Waals surface area contributed by atoms with Crippen LogP contribution >= 0.6 is 34.5 Å². The van der Waals surface area contributed by atoms with Gasteiger partial charge in [-0.25, -0.2) is 4.98 Å². The number of rotatable bonds is 2. The number of hydrogen-bond donors (Lipinski definition) is 2. The summed E-state index contributed by atoms with van der Waals surface area (Å²) in [4.78, 5) is 19.8. The summed E-state index contributed by atoms with van der Waals surface area (Å²) in [5.74, 6) is -0.262. The van der Waals surface area contributed by atoms with Crippen molar-refractivity contribution < 1.29 is 4.79 Å². The molecule has 4 aromatic rings. The summed E-state index contributed by atoms with van der Waals surface area (Å²) in [5.41, 5.74) is 1.98. The minimum atomic E-state index is -0.262. The predicted molar refractivity (Wildman–Crippen MR) is 95.9 cm³/mol. The van der Waals surface area contributed by atoms with E-state index in [1.165, 1.54) is 11.3 Å². The molecule has 4 rings (SSSR count). The Labute approximate surface area is 145 Å². The Hall–Kier alpha value is -2.08. The van der Waals surface area contributed by atoms with Gasteiger partial charge in [0.15, 0.2) is 5.13 Å². The van der Waals surface area contributed by atoms with Crippen LogP contribution in [0.25, 0.3) is 21.1 Å². The molecule has 114 valence electrons. The van der Waals surface area contributed by atoms with E-state index in [2.05, 4.69) is 15.3 Å². The molecule has 0 radical (unpaired) electrons. The molecule has 0 atom stereocenters. The molecule has 7 heteroatoms. The monoisotopic (exact) mass is 361 g/mol. The largest absolute Gasteiger partial charge is 0.349 e. The van der Waals surface area contributed by atoms with Crippen LogP contribution in [0.1, 0.15) is 10.5 Å². The van der Waals surface area contributed by atoms with Crippen molar-refractivity contribution in [1.29, 1.82) is 0 Å². The molecular weight excluding hydrogens is 353 g/mol. The van der Waals surface area contributed by atoms with Gasteiger partial charge in [-0.2, -0.15) is 0 Å². The van der Waals surface area contributed by atoms with E-state index < -0.39 is 0 Å². The van der Waals surface area contributed by atoms with Gasteiger partial charge in [0, 0.05) is 10.4 Å². The molecule has 0 bridgehead atoms. The Morgan fingerprint density at radius 2 is 2.04 bits per heavy atom. The third-order valence-electron chi connectivity index (χ3n) is 3.42. The second kappa shape index (κ2) is 5.53. The van der Waals surface area contributed by atoms with Gasteiger partial charge < -0.3 is 4.98 Å². The lowest BCUT2D eigenvalue weighted by Gasteiger charge is -1.97. The van der Waals surface area contributed by atoms with Crippen molar-refractivity contribution in [2.45, 2.75) is 0 Å². The molecule has 0 fully saturated rings. The van der Waals surface area contributed by atoms with Gasteiger partial charge in [0.2, 0.25) is 0 Å². The number of H-pyrrole nitrogens is 1. The smallest absolute Gasteiger partial charge is 0.273 e. The molecule has 0 unspecified atom stereocenters. The SMILES string of the molecule is O=C(Nc1nc2ccc(Cl)cc2s1)c1cc2cccc(Cl)c2[nH]1. The number of amides is 1. The van der Waals surface area contributed by atoms with E-state index in [0.29, 0.717) is 20.9 Å². The molecule has 2 aromatic heterocycles. The van der Waals surface area contributed by atoms with Gasteiger partial charge in [0.1, 0.15) is 5.69 Å². The molecule has 23 heavy (non-hydrogen) atoms. The highest BCUT2D eigenvalue weighted by atomic mass is 35.5. The van der Waals surface area contributed by atoms with Crippen molar-refractivity contribution in [1.82, 2.24) is 9.97 Å². The molecule has 2 heterocycles. The number of anilines is 1. The highest BCUT2D eigenvalue weighted by molar-refractivity contribution is 7.22. The number of aromatic amines is 1. The molecule has 4 nitrogen and oxygen atoms in total. The lowest BCUT2D eigenvalue weighted by atomic mass is 10.2. The standard InChI is InChI=1S/C16H9Cl2N3OS/c17-9-4-5-11-13(7-9)23-16(20-11)21-15(22)12-6-8-2-1-3-10(18)14(8)19-12/h1-7,19H,(H,20,21,22). The van der Waals surface area contributed by atoms with Crippen molar-refractivity contribution in [2.75, 3.05) is 5.32 Å². The predicted octanol–water partition coefficient (Wildman–Crippen LogP) is 5.34. The van der Waals surface area contributed by atoms with E-state index in [-0.39, 0.29) is 5.91 Å². The van der Waals surface area contributed by atoms with Gasteiger partial charge in [0.05, 0.1) is 20.8 Å². The number of halogens is 2. The van der Waals surface area contributed by atoms with Crippen LogP contribution in [0.5, 0.6) is 0 Å². The highest BCUT2D eigenvalue weighted by Crippen LogP contribution is 2.29. The molecular formula is C16H9Cl2N3OS. The fraction of sp³-hybridized carbons (Fsp3) is 0. The summed E-state index contributed by atoms with van der Waals surface area (Å²) in [5, 5.41) is 5.43. The third kappa shape index (κ3) is 2.67. The van der Waals surface area contributed by atoms with Crippen LogP contribution in [0.4, 0.5) is 5.13 Å². The lowest BCUT2D eigenvalue weighted by molar-refractivity contribution is 0.102. The fourth-order valence-electron chi connectivity index (χ4n) is 2.36. The number of aromatic nitrogens is 2. The number of para-hydroxylation sites is 1. The molecule has 0 aliphatic rings. The van der Waals surface area contributed by atoms with E-state index in [9.17, 15) is 4.79 Å². The fourth-order valence-corrected chi connectivity index (χ4v) is 3.72. The maximum Gasteiger partial charge on any atom is 0.273 e. The lowest BCUT2D eigenvalue weighted by Crippen LogP contribution is -2.11. The van der Waals surface area contributed by atoms with Gasteiger partial charge in [-0.3, -0.25) is 10.1 Å². The summed E-state index contributed by atoms with van der Waals surface area (Å²) < 4.78 is 0.924. The second-order valence-corrected chi connectivity index (χ2v) is 6.85. The zero-order valence-electron chi connectivity index (χ0n) is 11.6. The molecule has 0 spiro atoms. The first kappa shape index (κ1) is 14.5. The molecule has 0 saturated heterocycles. The summed E-state index contributed by atoms with van der Waals surface area (Å²) in [6, 6.07) is 12.7. The first-order valence-electron chi connectivity index (χ1n) is 6.75. The molecule has 0 aliphatic carbocycles. The zero-order valence-corrected chi connectivity index (χ0v) is 13.9. The molecule has 0 saturated carbocycles. The van der Waals surface area contributed by atoms with Crippen LogP contribution in [-0.2, 0) is 0 Å². The van der Waals surface area contributed by atoms with E-state index in [1.54, 1.807) is 18.2 Å². The number of benzene rings is 2. The molecule has 2 aromatic carbocycles. The van der Waals surface area contributed by atoms with Crippen molar-refractivity contribution in [3.63, 3.8) is 0 Å². The number of hydrogen-bond acceptors (Lipinski definition) is 3. The Kier molecular flexibility index (Phi) is 3.49. The summed E-state index contributed by atoms with van der Waals surface area (Å²) >= 11 is 13.5. The van der Waals surface area contributed by atoms with Crippen LogP contribution in [0.2, 0.25) is 10.0 Å². The van der Waals surface area contributed by atoms with Crippen LogP contribution in [0.15, 0.2) is 42.5 Å². The number of nitrogens with one attached hydrogen (secondary N) is 2. The van der Waals surface area contributed by atoms with E-state index in [0.717, 1.165) is 21.1 Å². The number of carbonyl (C=O) groups excluding carboxylic acids is 1. The van der Waals surface area contributed by atoms with Gasteiger partial charge in [-0.1, -0.05) is 46.7 Å². The van der Waals surface area contributed by atoms with Crippen molar-refractivity contribution in [2.24, 2.45) is 0 Å². The number of carbonyl (C=O) groups is 1. The summed E-state index contributed by atoms with van der Waals surface area (Å²) in [7, 11) is 0. The van der Waals surface area contributed by atoms with Gasteiger partial charge >= 0.3 is 0 Å². The maximum absolute atomic E-state index is 12.4. The molecule has 0 aliphatic heterocycles. The minimum Gasteiger partial charge on any atom is -0.349 e. The minimum absolute atomic E-state index is 0.262. The zero-order chi connectivity index (χ0) is 16.0. The van der Waals surface area contributed by atoms with Crippen molar-refractivity contribution in [3.05, 3.63) is 58.2 Å². The van der Waals surface area contributed by atoms with Crippen LogP contribution in [0.3, 0.4) is 0 Å². The number of thiazole rings is 1. The average molecular weight is 362 g/mol. The first-order chi connectivity index (χ1) is 11.1. The highest BCUT2D eigenvalue weighted by Gasteiger charge is 2.13. The van der Waals surface area contributed by atoms with E-state index in [4.69, 9.17) is 23.2 Å². The van der Waals surface area contributed by atoms with Gasteiger partial charge in [0.25, 0.3) is 5.91 Å².